The lowest BCUT2D eigenvalue weighted by atomic mass is 9.92. The van der Waals surface area contributed by atoms with Crippen molar-refractivity contribution < 1.29 is 4.42 Å². The largest absolute Gasteiger partial charge is 0.448 e. The Kier molecular flexibility index (Phi) is 2.23. The van der Waals surface area contributed by atoms with Gasteiger partial charge in [0.1, 0.15) is 5.76 Å². The van der Waals surface area contributed by atoms with Crippen molar-refractivity contribution >= 4 is 11.6 Å². The van der Waals surface area contributed by atoms with Crippen molar-refractivity contribution in [3.05, 3.63) is 17.8 Å². The van der Waals surface area contributed by atoms with Gasteiger partial charge in [0.25, 0.3) is 0 Å². The Labute approximate surface area is 71.6 Å². The number of alkyl halides is 1. The molecule has 0 fully saturated rings. The summed E-state index contributed by atoms with van der Waals surface area (Å²) < 4.78 is 5.22. The van der Waals surface area contributed by atoms with E-state index >= 15 is 0 Å². The maximum Gasteiger partial charge on any atom is 0.181 e. The second-order valence-electron chi connectivity index (χ2n) is 3.51. The molecule has 0 aliphatic heterocycles. The fraction of sp³-hybridized carbons (Fsp3) is 0.625. The van der Waals surface area contributed by atoms with Crippen LogP contribution in [-0.2, 0) is 11.3 Å². The monoisotopic (exact) mass is 173 g/mol. The van der Waals surface area contributed by atoms with Crippen molar-refractivity contribution in [2.24, 2.45) is 0 Å². The van der Waals surface area contributed by atoms with E-state index in [0.717, 1.165) is 11.5 Å². The maximum atomic E-state index is 5.66. The van der Waals surface area contributed by atoms with E-state index in [9.17, 15) is 0 Å². The minimum atomic E-state index is 0.000718. The number of oxazole rings is 1. The van der Waals surface area contributed by atoms with E-state index in [1.165, 1.54) is 6.39 Å². The molecule has 1 rings (SSSR count). The van der Waals surface area contributed by atoms with Crippen molar-refractivity contribution in [2.75, 3.05) is 0 Å². The number of nitrogens with zero attached hydrogens (tertiary/aromatic N) is 1. The van der Waals surface area contributed by atoms with Crippen LogP contribution in [0.5, 0.6) is 0 Å². The summed E-state index contributed by atoms with van der Waals surface area (Å²) in [7, 11) is 0. The summed E-state index contributed by atoms with van der Waals surface area (Å²) in [4.78, 5) is 4.00. The van der Waals surface area contributed by atoms with Gasteiger partial charge in [-0.3, -0.25) is 0 Å². The van der Waals surface area contributed by atoms with Gasteiger partial charge >= 0.3 is 0 Å². The van der Waals surface area contributed by atoms with Crippen LogP contribution in [0.25, 0.3) is 0 Å². The van der Waals surface area contributed by atoms with Gasteiger partial charge < -0.3 is 4.42 Å². The van der Waals surface area contributed by atoms with Gasteiger partial charge in [0, 0.05) is 5.41 Å². The minimum Gasteiger partial charge on any atom is -0.448 e. The maximum absolute atomic E-state index is 5.66. The van der Waals surface area contributed by atoms with Gasteiger partial charge in [-0.05, 0) is 0 Å². The van der Waals surface area contributed by atoms with Crippen LogP contribution < -0.4 is 0 Å². The van der Waals surface area contributed by atoms with Crippen LogP contribution in [-0.4, -0.2) is 4.98 Å². The molecular weight excluding hydrogens is 162 g/mol. The smallest absolute Gasteiger partial charge is 0.181 e. The molecule has 0 aromatic carbocycles. The molecule has 0 bridgehead atoms. The molecule has 62 valence electrons. The molecule has 0 radical (unpaired) electrons. The Morgan fingerprint density at radius 2 is 2.18 bits per heavy atom. The molecule has 0 unspecified atom stereocenters. The van der Waals surface area contributed by atoms with E-state index in [4.69, 9.17) is 16.0 Å². The van der Waals surface area contributed by atoms with Gasteiger partial charge in [-0.15, -0.1) is 11.6 Å². The number of rotatable bonds is 1. The van der Waals surface area contributed by atoms with Crippen LogP contribution in [0, 0.1) is 0 Å². The average molecular weight is 174 g/mol. The number of hydrogen-bond donors (Lipinski definition) is 0. The van der Waals surface area contributed by atoms with E-state index in [2.05, 4.69) is 25.8 Å². The highest BCUT2D eigenvalue weighted by Crippen LogP contribution is 2.25. The van der Waals surface area contributed by atoms with Crippen molar-refractivity contribution in [3.63, 3.8) is 0 Å². The summed E-state index contributed by atoms with van der Waals surface area (Å²) in [6, 6.07) is 0. The molecule has 11 heavy (non-hydrogen) atoms. The Balaban J connectivity index is 3.02. The highest BCUT2D eigenvalue weighted by molar-refractivity contribution is 6.16. The second-order valence-corrected chi connectivity index (χ2v) is 3.78. The lowest BCUT2D eigenvalue weighted by Crippen LogP contribution is -2.12. The summed E-state index contributed by atoms with van der Waals surface area (Å²) in [6.45, 7) is 6.22. The SMILES string of the molecule is CC(C)(C)c1ocnc1CCl. The van der Waals surface area contributed by atoms with Crippen LogP contribution in [0.15, 0.2) is 10.8 Å². The van der Waals surface area contributed by atoms with Gasteiger partial charge in [0.05, 0.1) is 11.6 Å². The molecule has 0 amide bonds. The normalized spacial score (nSPS) is 12.0. The Morgan fingerprint density at radius 1 is 1.55 bits per heavy atom. The highest BCUT2D eigenvalue weighted by Gasteiger charge is 2.21. The predicted octanol–water partition coefficient (Wildman–Crippen LogP) is 2.71. The minimum absolute atomic E-state index is 0.000718. The molecule has 0 atom stereocenters. The Hall–Kier alpha value is -0.500. The van der Waals surface area contributed by atoms with Crippen LogP contribution in [0.2, 0.25) is 0 Å². The predicted molar refractivity (Wildman–Crippen MR) is 44.8 cm³/mol. The first-order valence-corrected chi connectivity index (χ1v) is 4.08. The van der Waals surface area contributed by atoms with E-state index in [1.807, 2.05) is 0 Å². The van der Waals surface area contributed by atoms with E-state index in [0.29, 0.717) is 5.88 Å². The molecule has 1 heterocycles. The first kappa shape index (κ1) is 8.60. The number of aromatic nitrogens is 1. The first-order chi connectivity index (χ1) is 5.05. The summed E-state index contributed by atoms with van der Waals surface area (Å²) in [5.74, 6) is 1.30. The highest BCUT2D eigenvalue weighted by atomic mass is 35.5. The molecule has 0 saturated carbocycles. The number of hydrogen-bond acceptors (Lipinski definition) is 2. The van der Waals surface area contributed by atoms with Crippen LogP contribution in [0.1, 0.15) is 32.2 Å². The third-order valence-corrected chi connectivity index (χ3v) is 1.70. The lowest BCUT2D eigenvalue weighted by Gasteiger charge is -2.14. The van der Waals surface area contributed by atoms with E-state index in [1.54, 1.807) is 0 Å². The lowest BCUT2D eigenvalue weighted by molar-refractivity contribution is 0.405. The van der Waals surface area contributed by atoms with Crippen LogP contribution in [0.4, 0.5) is 0 Å². The molecule has 1 aromatic heterocycles. The molecule has 0 aliphatic rings. The topological polar surface area (TPSA) is 26.0 Å². The van der Waals surface area contributed by atoms with Crippen LogP contribution in [0.3, 0.4) is 0 Å². The van der Waals surface area contributed by atoms with Crippen molar-refractivity contribution in [1.29, 1.82) is 0 Å². The average Bonchev–Trinajstić information content (AvgIpc) is 2.31. The molecule has 1 aromatic rings. The molecule has 0 N–H and O–H groups in total. The molecular formula is C8H12ClNO. The Morgan fingerprint density at radius 3 is 2.55 bits per heavy atom. The summed E-state index contributed by atoms with van der Waals surface area (Å²) in [5.41, 5.74) is 0.847. The molecule has 3 heteroatoms. The zero-order valence-electron chi connectivity index (χ0n) is 7.02. The number of halogens is 1. The fourth-order valence-corrected chi connectivity index (χ4v) is 1.16. The van der Waals surface area contributed by atoms with Gasteiger partial charge in [0.2, 0.25) is 0 Å². The first-order valence-electron chi connectivity index (χ1n) is 3.54. The molecule has 0 aliphatic carbocycles. The third kappa shape index (κ3) is 1.74. The second kappa shape index (κ2) is 2.86. The third-order valence-electron chi connectivity index (χ3n) is 1.45. The van der Waals surface area contributed by atoms with Gasteiger partial charge in [-0.1, -0.05) is 20.8 Å². The van der Waals surface area contributed by atoms with Crippen molar-refractivity contribution in [3.8, 4) is 0 Å². The standard InChI is InChI=1S/C8H12ClNO/c1-8(2,3)7-6(4-9)10-5-11-7/h5H,4H2,1-3H3. The zero-order chi connectivity index (χ0) is 8.48. The summed E-state index contributed by atoms with van der Waals surface area (Å²) in [5, 5.41) is 0. The van der Waals surface area contributed by atoms with Gasteiger partial charge in [-0.25, -0.2) is 4.98 Å². The molecule has 0 spiro atoms. The van der Waals surface area contributed by atoms with Crippen molar-refractivity contribution in [1.82, 2.24) is 4.98 Å². The summed E-state index contributed by atoms with van der Waals surface area (Å²) in [6.07, 6.45) is 1.44. The molecule has 0 saturated heterocycles. The van der Waals surface area contributed by atoms with E-state index in [-0.39, 0.29) is 5.41 Å². The Bertz CT molecular complexity index is 236. The molecule has 2 nitrogen and oxygen atoms in total. The van der Waals surface area contributed by atoms with Gasteiger partial charge in [0.15, 0.2) is 6.39 Å². The van der Waals surface area contributed by atoms with Crippen LogP contribution >= 0.6 is 11.6 Å². The quantitative estimate of drug-likeness (QED) is 0.611. The van der Waals surface area contributed by atoms with Gasteiger partial charge in [-0.2, -0.15) is 0 Å². The van der Waals surface area contributed by atoms with E-state index < -0.39 is 0 Å². The van der Waals surface area contributed by atoms with Crippen molar-refractivity contribution in [2.45, 2.75) is 32.1 Å². The summed E-state index contributed by atoms with van der Waals surface area (Å²) >= 11 is 5.66. The fourth-order valence-electron chi connectivity index (χ4n) is 0.974. The zero-order valence-corrected chi connectivity index (χ0v) is 7.77.